The minimum absolute atomic E-state index is 0. The molecular weight excluding hydrogens is 163 g/mol. The quantitative estimate of drug-likeness (QED) is 0.392. The summed E-state index contributed by atoms with van der Waals surface area (Å²) in [7, 11) is 0. The fourth-order valence-corrected chi connectivity index (χ4v) is 1.04. The number of hydrogen-bond acceptors (Lipinski definition) is 1. The maximum absolute atomic E-state index is 5.38. The van der Waals surface area contributed by atoms with E-state index in [1.54, 1.807) is 0 Å². The first kappa shape index (κ1) is 13.4. The van der Waals surface area contributed by atoms with Crippen molar-refractivity contribution >= 4 is 15.6 Å². The summed E-state index contributed by atoms with van der Waals surface area (Å²) in [6, 6.07) is 0. The van der Waals surface area contributed by atoms with Crippen molar-refractivity contribution in [3.63, 3.8) is 0 Å². The Hall–Kier alpha value is 0.782. The zero-order chi connectivity index (χ0) is 7.11. The van der Waals surface area contributed by atoms with Crippen LogP contribution in [0.25, 0.3) is 0 Å². The van der Waals surface area contributed by atoms with Gasteiger partial charge in [-0.05, 0) is 0 Å². The van der Waals surface area contributed by atoms with Crippen LogP contribution in [0.3, 0.4) is 0 Å². The van der Waals surface area contributed by atoms with Gasteiger partial charge in [0.2, 0.25) is 0 Å². The van der Waals surface area contributed by atoms with Crippen LogP contribution in [-0.2, 0) is 3.79 Å². The number of rotatable bonds is 5. The van der Waals surface area contributed by atoms with Crippen molar-refractivity contribution in [3.8, 4) is 0 Å². The van der Waals surface area contributed by atoms with Crippen molar-refractivity contribution in [2.75, 3.05) is 6.61 Å². The summed E-state index contributed by atoms with van der Waals surface area (Å²) in [5.74, 6) is 0.793. The van der Waals surface area contributed by atoms with Crippen LogP contribution >= 0.6 is 0 Å². The third-order valence-electron chi connectivity index (χ3n) is 1.10. The average molecular weight is 179 g/mol. The minimum atomic E-state index is 0. The zero-order valence-corrected chi connectivity index (χ0v) is 8.97. The summed E-state index contributed by atoms with van der Waals surface area (Å²) in [5, 5.41) is 1.22. The molecule has 3 heteroatoms. The summed E-state index contributed by atoms with van der Waals surface area (Å²) in [4.78, 5) is 0. The zero-order valence-electron chi connectivity index (χ0n) is 7.06. The van der Waals surface area contributed by atoms with Gasteiger partial charge in [0.05, 0.1) is 0 Å². The predicted octanol–water partition coefficient (Wildman–Crippen LogP) is -0.889. The second-order valence-corrected chi connectivity index (χ2v) is 4.11. The second-order valence-electron chi connectivity index (χ2n) is 2.63. The smallest absolute Gasteiger partial charge is 1.00 e. The van der Waals surface area contributed by atoms with E-state index in [1.807, 2.05) is 0 Å². The SMILES string of the molecule is C[CH2][Al+][O]CCC(C)C.[Cl-]. The van der Waals surface area contributed by atoms with Gasteiger partial charge in [0.1, 0.15) is 0 Å². The molecule has 0 aromatic carbocycles. The molecular formula is C7H16AlClO. The Labute approximate surface area is 77.0 Å². The molecule has 0 aliphatic heterocycles. The summed E-state index contributed by atoms with van der Waals surface area (Å²) in [6.45, 7) is 7.60. The molecule has 60 valence electrons. The second kappa shape index (κ2) is 9.78. The first-order chi connectivity index (χ1) is 4.27. The largest absolute Gasteiger partial charge is 1.00 e. The van der Waals surface area contributed by atoms with Crippen molar-refractivity contribution in [1.29, 1.82) is 0 Å². The molecule has 0 rings (SSSR count). The van der Waals surface area contributed by atoms with Gasteiger partial charge in [0.15, 0.2) is 0 Å². The number of hydrogen-bond donors (Lipinski definition) is 0. The van der Waals surface area contributed by atoms with Crippen molar-refractivity contribution in [3.05, 3.63) is 0 Å². The van der Waals surface area contributed by atoms with E-state index in [0.29, 0.717) is 15.6 Å². The van der Waals surface area contributed by atoms with Crippen LogP contribution in [0.15, 0.2) is 0 Å². The van der Waals surface area contributed by atoms with E-state index in [1.165, 1.54) is 11.7 Å². The van der Waals surface area contributed by atoms with Crippen LogP contribution in [0.5, 0.6) is 0 Å². The van der Waals surface area contributed by atoms with Crippen LogP contribution in [-0.4, -0.2) is 22.2 Å². The maximum Gasteiger partial charge on any atom is -1.00 e. The van der Waals surface area contributed by atoms with E-state index >= 15 is 0 Å². The van der Waals surface area contributed by atoms with Crippen LogP contribution < -0.4 is 12.4 Å². The molecule has 0 aliphatic carbocycles. The van der Waals surface area contributed by atoms with Gasteiger partial charge in [0, 0.05) is 0 Å². The van der Waals surface area contributed by atoms with E-state index in [0.717, 1.165) is 12.5 Å². The van der Waals surface area contributed by atoms with Gasteiger partial charge in [-0.1, -0.05) is 0 Å². The molecule has 0 aromatic heterocycles. The molecule has 0 N–H and O–H groups in total. The number of halogens is 1. The molecule has 0 saturated heterocycles. The Morgan fingerprint density at radius 2 is 2.00 bits per heavy atom. The van der Waals surface area contributed by atoms with Crippen molar-refractivity contribution in [2.45, 2.75) is 32.5 Å². The molecule has 10 heavy (non-hydrogen) atoms. The predicted molar refractivity (Wildman–Crippen MR) is 41.6 cm³/mol. The Kier molecular flexibility index (Phi) is 13.1. The third kappa shape index (κ3) is 11.6. The summed E-state index contributed by atoms with van der Waals surface area (Å²) >= 11 is 0.297. The normalized spacial score (nSPS) is 8.80. The van der Waals surface area contributed by atoms with Gasteiger partial charge in [-0.25, -0.2) is 0 Å². The Morgan fingerprint density at radius 1 is 1.40 bits per heavy atom. The Bertz CT molecular complexity index is 59.6. The Balaban J connectivity index is 0. The molecule has 0 unspecified atom stereocenters. The average Bonchev–Trinajstić information content (AvgIpc) is 1.80. The van der Waals surface area contributed by atoms with Gasteiger partial charge in [-0.2, -0.15) is 0 Å². The molecule has 0 aromatic rings. The van der Waals surface area contributed by atoms with Crippen molar-refractivity contribution in [2.24, 2.45) is 5.92 Å². The molecule has 0 radical (unpaired) electrons. The molecule has 0 amide bonds. The van der Waals surface area contributed by atoms with Crippen molar-refractivity contribution in [1.82, 2.24) is 0 Å². The summed E-state index contributed by atoms with van der Waals surface area (Å²) < 4.78 is 5.38. The van der Waals surface area contributed by atoms with E-state index in [9.17, 15) is 0 Å². The fourth-order valence-electron chi connectivity index (χ4n) is 0.505. The molecule has 1 nitrogen and oxygen atoms in total. The van der Waals surface area contributed by atoms with E-state index in [4.69, 9.17) is 3.79 Å². The van der Waals surface area contributed by atoms with Gasteiger partial charge in [-0.3, -0.25) is 0 Å². The third-order valence-corrected chi connectivity index (χ3v) is 1.90. The van der Waals surface area contributed by atoms with Crippen LogP contribution in [0.2, 0.25) is 5.28 Å². The minimum Gasteiger partial charge on any atom is -1.00 e. The van der Waals surface area contributed by atoms with Gasteiger partial charge >= 0.3 is 64.3 Å². The molecule has 0 fully saturated rings. The fraction of sp³-hybridized carbons (Fsp3) is 1.00. The molecule has 0 bridgehead atoms. The van der Waals surface area contributed by atoms with Gasteiger partial charge in [-0.15, -0.1) is 0 Å². The summed E-state index contributed by atoms with van der Waals surface area (Å²) in [6.07, 6.45) is 1.22. The van der Waals surface area contributed by atoms with Crippen molar-refractivity contribution < 1.29 is 16.2 Å². The first-order valence-corrected chi connectivity index (χ1v) is 4.99. The summed E-state index contributed by atoms with van der Waals surface area (Å²) in [5.41, 5.74) is 0. The van der Waals surface area contributed by atoms with Crippen LogP contribution in [0.4, 0.5) is 0 Å². The monoisotopic (exact) mass is 178 g/mol. The van der Waals surface area contributed by atoms with Crippen LogP contribution in [0.1, 0.15) is 27.2 Å². The van der Waals surface area contributed by atoms with E-state index in [-0.39, 0.29) is 12.4 Å². The molecule has 0 saturated carbocycles. The molecule has 0 heterocycles. The van der Waals surface area contributed by atoms with Gasteiger partial charge < -0.3 is 12.4 Å². The van der Waals surface area contributed by atoms with Crippen LogP contribution in [0, 0.1) is 5.92 Å². The first-order valence-electron chi connectivity index (χ1n) is 3.70. The molecule has 0 aliphatic rings. The topological polar surface area (TPSA) is 9.23 Å². The maximum atomic E-state index is 5.38. The van der Waals surface area contributed by atoms with E-state index < -0.39 is 0 Å². The van der Waals surface area contributed by atoms with Gasteiger partial charge in [0.25, 0.3) is 0 Å². The molecule has 0 spiro atoms. The standard InChI is InChI=1S/C5H11O.C2H5.Al.ClH/c1-5(2)3-4-6;1-2;;/h5H,3-4H2,1-2H3;1H2,2H3;;1H/q-1;;+2;/p-1. The molecule has 0 atom stereocenters. The Morgan fingerprint density at radius 3 is 2.40 bits per heavy atom. The van der Waals surface area contributed by atoms with E-state index in [2.05, 4.69) is 20.8 Å².